The topological polar surface area (TPSA) is 112 Å². The molecular weight excluding hydrogens is 272 g/mol. The minimum Gasteiger partial charge on any atom is -0.444 e. The van der Waals surface area contributed by atoms with Crippen molar-refractivity contribution in [2.24, 2.45) is 5.11 Å². The minimum absolute atomic E-state index is 0.0164. The first-order chi connectivity index (χ1) is 8.54. The number of rotatable bonds is 2. The van der Waals surface area contributed by atoms with Gasteiger partial charge in [-0.3, -0.25) is 0 Å². The Bertz CT molecular complexity index is 504. The normalized spacial score (nSPS) is 23.9. The van der Waals surface area contributed by atoms with Crippen molar-refractivity contribution in [3.8, 4) is 0 Å². The van der Waals surface area contributed by atoms with Crippen molar-refractivity contribution in [3.05, 3.63) is 10.4 Å². The van der Waals surface area contributed by atoms with Gasteiger partial charge in [0.15, 0.2) is 9.84 Å². The van der Waals surface area contributed by atoms with Gasteiger partial charge in [0, 0.05) is 24.3 Å². The summed E-state index contributed by atoms with van der Waals surface area (Å²) in [5.74, 6) is 0. The molecule has 0 spiro atoms. The predicted octanol–water partition coefficient (Wildman–Crippen LogP) is 1.33. The Morgan fingerprint density at radius 1 is 1.42 bits per heavy atom. The Hall–Kier alpha value is -1.47. The van der Waals surface area contributed by atoms with Crippen molar-refractivity contribution in [1.29, 1.82) is 0 Å². The van der Waals surface area contributed by atoms with E-state index in [4.69, 9.17) is 10.3 Å². The maximum Gasteiger partial charge on any atom is 0.410 e. The van der Waals surface area contributed by atoms with Gasteiger partial charge >= 0.3 is 6.09 Å². The third kappa shape index (κ3) is 4.29. The Kier molecular flexibility index (Phi) is 4.32. The van der Waals surface area contributed by atoms with E-state index in [9.17, 15) is 13.2 Å². The lowest BCUT2D eigenvalue weighted by Gasteiger charge is -2.24. The van der Waals surface area contributed by atoms with Crippen LogP contribution in [0.5, 0.6) is 0 Å². The first-order valence-corrected chi connectivity index (χ1v) is 7.71. The summed E-state index contributed by atoms with van der Waals surface area (Å²) in [5, 5.41) is 2.57. The van der Waals surface area contributed by atoms with Crippen molar-refractivity contribution in [3.63, 3.8) is 0 Å². The molecule has 2 atom stereocenters. The molecule has 0 saturated carbocycles. The van der Waals surface area contributed by atoms with E-state index in [1.807, 2.05) is 0 Å². The molecule has 108 valence electrons. The monoisotopic (exact) mass is 290 g/mol. The van der Waals surface area contributed by atoms with Crippen LogP contribution in [-0.4, -0.2) is 55.6 Å². The molecule has 1 rings (SSSR count). The molecule has 0 radical (unpaired) electrons. The van der Waals surface area contributed by atoms with E-state index < -0.39 is 32.8 Å². The maximum atomic E-state index is 11.9. The first-order valence-electron chi connectivity index (χ1n) is 5.75. The molecule has 9 heteroatoms. The van der Waals surface area contributed by atoms with Crippen molar-refractivity contribution in [2.45, 2.75) is 37.7 Å². The summed E-state index contributed by atoms with van der Waals surface area (Å²) >= 11 is 0. The lowest BCUT2D eigenvalue weighted by Crippen LogP contribution is -2.36. The van der Waals surface area contributed by atoms with Gasteiger partial charge in [0.25, 0.3) is 0 Å². The molecule has 0 bridgehead atoms. The Labute approximate surface area is 112 Å². The van der Waals surface area contributed by atoms with Crippen molar-refractivity contribution >= 4 is 15.9 Å². The first kappa shape index (κ1) is 15.6. The second kappa shape index (κ2) is 5.26. The molecule has 1 saturated heterocycles. The third-order valence-corrected chi connectivity index (χ3v) is 4.20. The summed E-state index contributed by atoms with van der Waals surface area (Å²) in [6, 6.07) is -0.771. The Morgan fingerprint density at radius 3 is 2.42 bits per heavy atom. The maximum absolute atomic E-state index is 11.9. The van der Waals surface area contributed by atoms with E-state index >= 15 is 0 Å². The van der Waals surface area contributed by atoms with Crippen LogP contribution in [0, 0.1) is 0 Å². The fourth-order valence-corrected chi connectivity index (χ4v) is 2.99. The highest BCUT2D eigenvalue weighted by atomic mass is 32.2. The molecule has 0 N–H and O–H groups in total. The van der Waals surface area contributed by atoms with Crippen molar-refractivity contribution in [2.75, 3.05) is 19.3 Å². The van der Waals surface area contributed by atoms with Gasteiger partial charge < -0.3 is 9.64 Å². The van der Waals surface area contributed by atoms with Crippen LogP contribution >= 0.6 is 0 Å². The van der Waals surface area contributed by atoms with E-state index in [-0.39, 0.29) is 13.1 Å². The highest BCUT2D eigenvalue weighted by molar-refractivity contribution is 7.91. The number of likely N-dealkylation sites (tertiary alicyclic amines) is 1. The SMILES string of the molecule is CC(C)(C)OC(=O)N1CC(N=[N+]=[N-])C(S(C)(=O)=O)C1. The fraction of sp³-hybridized carbons (Fsp3) is 0.900. The molecule has 1 aliphatic heterocycles. The van der Waals surface area contributed by atoms with Crippen LogP contribution in [0.2, 0.25) is 0 Å². The van der Waals surface area contributed by atoms with Crippen LogP contribution in [-0.2, 0) is 14.6 Å². The van der Waals surface area contributed by atoms with Crippen LogP contribution in [0.15, 0.2) is 5.11 Å². The lowest BCUT2D eigenvalue weighted by atomic mass is 10.2. The second-order valence-corrected chi connectivity index (χ2v) is 7.79. The summed E-state index contributed by atoms with van der Waals surface area (Å²) in [6.07, 6.45) is 0.465. The number of nitrogens with zero attached hydrogens (tertiary/aromatic N) is 4. The zero-order valence-corrected chi connectivity index (χ0v) is 12.2. The number of hydrogen-bond donors (Lipinski definition) is 0. The van der Waals surface area contributed by atoms with E-state index in [0.29, 0.717) is 0 Å². The summed E-state index contributed by atoms with van der Waals surface area (Å²) in [6.45, 7) is 5.20. The average Bonchev–Trinajstić information content (AvgIpc) is 2.59. The van der Waals surface area contributed by atoms with Gasteiger partial charge in [-0.25, -0.2) is 13.2 Å². The molecule has 1 heterocycles. The van der Waals surface area contributed by atoms with E-state index in [0.717, 1.165) is 6.26 Å². The number of carbonyl (C=O) groups excluding carboxylic acids is 1. The number of carbonyl (C=O) groups is 1. The van der Waals surface area contributed by atoms with E-state index in [1.54, 1.807) is 20.8 Å². The number of hydrogen-bond acceptors (Lipinski definition) is 5. The second-order valence-electron chi connectivity index (χ2n) is 5.53. The van der Waals surface area contributed by atoms with Gasteiger partial charge in [-0.15, -0.1) is 0 Å². The predicted molar refractivity (Wildman–Crippen MR) is 69.4 cm³/mol. The largest absolute Gasteiger partial charge is 0.444 e. The third-order valence-electron chi connectivity index (χ3n) is 2.64. The van der Waals surface area contributed by atoms with E-state index in [2.05, 4.69) is 10.0 Å². The lowest BCUT2D eigenvalue weighted by molar-refractivity contribution is 0.0293. The number of amides is 1. The molecule has 8 nitrogen and oxygen atoms in total. The van der Waals surface area contributed by atoms with Crippen LogP contribution in [0.3, 0.4) is 0 Å². The summed E-state index contributed by atoms with van der Waals surface area (Å²) < 4.78 is 28.4. The molecular formula is C10H18N4O4S. The van der Waals surface area contributed by atoms with E-state index in [1.165, 1.54) is 4.90 Å². The molecule has 2 unspecified atom stereocenters. The standard InChI is InChI=1S/C10H18N4O4S/c1-10(2,3)18-9(15)14-5-7(12-13-11)8(6-14)19(4,16)17/h7-8H,5-6H2,1-4H3. The molecule has 19 heavy (non-hydrogen) atoms. The Morgan fingerprint density at radius 2 is 2.00 bits per heavy atom. The summed E-state index contributed by atoms with van der Waals surface area (Å²) in [4.78, 5) is 15.7. The number of sulfone groups is 1. The minimum atomic E-state index is -3.40. The molecule has 0 aliphatic carbocycles. The van der Waals surface area contributed by atoms with Crippen LogP contribution in [0.25, 0.3) is 10.4 Å². The van der Waals surface area contributed by atoms with Crippen LogP contribution < -0.4 is 0 Å². The quantitative estimate of drug-likeness (QED) is 0.433. The average molecular weight is 290 g/mol. The smallest absolute Gasteiger partial charge is 0.410 e. The summed E-state index contributed by atoms with van der Waals surface area (Å²) in [7, 11) is -3.40. The van der Waals surface area contributed by atoms with Gasteiger partial charge in [-0.05, 0) is 26.3 Å². The molecule has 0 aromatic rings. The van der Waals surface area contributed by atoms with Gasteiger partial charge in [-0.2, -0.15) is 0 Å². The van der Waals surface area contributed by atoms with Gasteiger partial charge in [0.05, 0.1) is 11.3 Å². The fourth-order valence-electron chi connectivity index (χ4n) is 1.83. The molecule has 1 aliphatic rings. The molecule has 0 aromatic heterocycles. The summed E-state index contributed by atoms with van der Waals surface area (Å²) in [5.41, 5.74) is 7.79. The van der Waals surface area contributed by atoms with Crippen LogP contribution in [0.4, 0.5) is 4.79 Å². The van der Waals surface area contributed by atoms with Crippen LogP contribution in [0.1, 0.15) is 20.8 Å². The zero-order valence-electron chi connectivity index (χ0n) is 11.4. The van der Waals surface area contributed by atoms with Gasteiger partial charge in [0.2, 0.25) is 0 Å². The highest BCUT2D eigenvalue weighted by Crippen LogP contribution is 2.22. The van der Waals surface area contributed by atoms with Crippen molar-refractivity contribution in [1.82, 2.24) is 4.90 Å². The molecule has 1 amide bonds. The van der Waals surface area contributed by atoms with Crippen molar-refractivity contribution < 1.29 is 17.9 Å². The van der Waals surface area contributed by atoms with Gasteiger partial charge in [0.1, 0.15) is 5.60 Å². The number of ether oxygens (including phenoxy) is 1. The highest BCUT2D eigenvalue weighted by Gasteiger charge is 2.41. The Balaban J connectivity index is 2.87. The van der Waals surface area contributed by atoms with Gasteiger partial charge in [-0.1, -0.05) is 5.11 Å². The number of azide groups is 1. The zero-order chi connectivity index (χ0) is 14.8. The molecule has 1 fully saturated rings. The molecule has 0 aromatic carbocycles.